The number of anilines is 2. The molecule has 0 saturated carbocycles. The lowest BCUT2D eigenvalue weighted by molar-refractivity contribution is 0.0967. The Balaban J connectivity index is 2.12. The van der Waals surface area contributed by atoms with E-state index in [4.69, 9.17) is 15.2 Å². The highest BCUT2D eigenvalue weighted by atomic mass is 32.1. The molecule has 19 heavy (non-hydrogen) atoms. The maximum Gasteiger partial charge on any atom is 0.263 e. The summed E-state index contributed by atoms with van der Waals surface area (Å²) in [5, 5.41) is 6.67. The second-order valence-electron chi connectivity index (χ2n) is 4.40. The van der Waals surface area contributed by atoms with Gasteiger partial charge in [-0.25, -0.2) is 0 Å². The van der Waals surface area contributed by atoms with Gasteiger partial charge in [0, 0.05) is 26.1 Å². The number of hydrogen-bond donors (Lipinski definition) is 3. The SMILES string of the molecule is CNC(=O)c1sc(NCC2CCOC2)c(OC)c1N. The number of carbonyl (C=O) groups is 1. The van der Waals surface area contributed by atoms with Gasteiger partial charge in [-0.15, -0.1) is 11.3 Å². The van der Waals surface area contributed by atoms with Gasteiger partial charge < -0.3 is 25.8 Å². The molecule has 1 atom stereocenters. The molecule has 1 aliphatic heterocycles. The van der Waals surface area contributed by atoms with Crippen molar-refractivity contribution in [2.75, 3.05) is 45.0 Å². The number of hydrogen-bond acceptors (Lipinski definition) is 6. The highest BCUT2D eigenvalue weighted by molar-refractivity contribution is 7.19. The van der Waals surface area contributed by atoms with E-state index in [0.29, 0.717) is 22.2 Å². The monoisotopic (exact) mass is 285 g/mol. The van der Waals surface area contributed by atoms with Crippen LogP contribution in [-0.2, 0) is 4.74 Å². The van der Waals surface area contributed by atoms with E-state index in [1.165, 1.54) is 11.3 Å². The van der Waals surface area contributed by atoms with Gasteiger partial charge in [0.1, 0.15) is 15.6 Å². The molecule has 0 radical (unpaired) electrons. The Kier molecular flexibility index (Phi) is 4.49. The maximum absolute atomic E-state index is 11.7. The van der Waals surface area contributed by atoms with Gasteiger partial charge in [-0.1, -0.05) is 0 Å². The molecule has 0 bridgehead atoms. The summed E-state index contributed by atoms with van der Waals surface area (Å²) in [5.41, 5.74) is 6.32. The largest absolute Gasteiger partial charge is 0.492 e. The van der Waals surface area contributed by atoms with Gasteiger partial charge in [0.15, 0.2) is 5.75 Å². The Bertz CT molecular complexity index is 455. The van der Waals surface area contributed by atoms with Gasteiger partial charge >= 0.3 is 0 Å². The molecule has 1 unspecified atom stereocenters. The molecule has 106 valence electrons. The van der Waals surface area contributed by atoms with E-state index in [0.717, 1.165) is 31.2 Å². The zero-order valence-corrected chi connectivity index (χ0v) is 11.9. The van der Waals surface area contributed by atoms with Crippen LogP contribution in [0.3, 0.4) is 0 Å². The molecule has 6 nitrogen and oxygen atoms in total. The maximum atomic E-state index is 11.7. The molecule has 7 heteroatoms. The third-order valence-corrected chi connectivity index (χ3v) is 4.26. The molecule has 1 aliphatic rings. The summed E-state index contributed by atoms with van der Waals surface area (Å²) >= 11 is 1.31. The molecular weight excluding hydrogens is 266 g/mol. The first-order chi connectivity index (χ1) is 9.17. The number of rotatable bonds is 5. The van der Waals surface area contributed by atoms with Crippen LogP contribution in [0.15, 0.2) is 0 Å². The van der Waals surface area contributed by atoms with Gasteiger partial charge in [0.05, 0.1) is 13.7 Å². The van der Waals surface area contributed by atoms with Crippen LogP contribution in [0.4, 0.5) is 10.7 Å². The highest BCUT2D eigenvalue weighted by Gasteiger charge is 2.22. The molecule has 2 rings (SSSR count). The number of nitrogens with one attached hydrogen (secondary N) is 2. The number of nitrogen functional groups attached to an aromatic ring is 1. The van der Waals surface area contributed by atoms with E-state index in [-0.39, 0.29) is 5.91 Å². The van der Waals surface area contributed by atoms with Crippen LogP contribution in [0, 0.1) is 5.92 Å². The number of ether oxygens (including phenoxy) is 2. The zero-order valence-electron chi connectivity index (χ0n) is 11.1. The predicted octanol–water partition coefficient (Wildman–Crippen LogP) is 1.15. The Morgan fingerprint density at radius 1 is 1.63 bits per heavy atom. The van der Waals surface area contributed by atoms with Gasteiger partial charge in [0.25, 0.3) is 5.91 Å². The van der Waals surface area contributed by atoms with Crippen LogP contribution in [0.25, 0.3) is 0 Å². The summed E-state index contributed by atoms with van der Waals surface area (Å²) in [6.45, 7) is 2.39. The molecule has 1 amide bonds. The zero-order chi connectivity index (χ0) is 13.8. The molecule has 1 aromatic rings. The summed E-state index contributed by atoms with van der Waals surface area (Å²) in [7, 11) is 3.13. The average molecular weight is 285 g/mol. The molecule has 1 aromatic heterocycles. The number of methoxy groups -OCH3 is 1. The first-order valence-corrected chi connectivity index (χ1v) is 6.99. The number of nitrogens with two attached hydrogens (primary N) is 1. The van der Waals surface area contributed by atoms with Crippen LogP contribution in [0.2, 0.25) is 0 Å². The van der Waals surface area contributed by atoms with Crippen molar-refractivity contribution in [2.24, 2.45) is 5.92 Å². The van der Waals surface area contributed by atoms with Crippen molar-refractivity contribution < 1.29 is 14.3 Å². The first kappa shape index (κ1) is 14.0. The normalized spacial score (nSPS) is 18.3. The second kappa shape index (κ2) is 6.12. The Morgan fingerprint density at radius 2 is 2.42 bits per heavy atom. The van der Waals surface area contributed by atoms with E-state index >= 15 is 0 Å². The number of carbonyl (C=O) groups excluding carboxylic acids is 1. The van der Waals surface area contributed by atoms with Crippen molar-refractivity contribution in [2.45, 2.75) is 6.42 Å². The summed E-state index contributed by atoms with van der Waals surface area (Å²) in [4.78, 5) is 12.2. The minimum atomic E-state index is -0.196. The molecule has 0 aliphatic carbocycles. The van der Waals surface area contributed by atoms with Crippen LogP contribution < -0.4 is 21.1 Å². The fourth-order valence-corrected chi connectivity index (χ4v) is 3.05. The van der Waals surface area contributed by atoms with Gasteiger partial charge in [0.2, 0.25) is 0 Å². The number of thiophene rings is 1. The Hall–Kier alpha value is -1.47. The van der Waals surface area contributed by atoms with Crippen molar-refractivity contribution in [3.05, 3.63) is 4.88 Å². The smallest absolute Gasteiger partial charge is 0.263 e. The molecule has 4 N–H and O–H groups in total. The summed E-state index contributed by atoms with van der Waals surface area (Å²) < 4.78 is 10.6. The fourth-order valence-electron chi connectivity index (χ4n) is 2.01. The van der Waals surface area contributed by atoms with Crippen molar-refractivity contribution >= 4 is 27.9 Å². The third-order valence-electron chi connectivity index (χ3n) is 3.11. The van der Waals surface area contributed by atoms with E-state index < -0.39 is 0 Å². The van der Waals surface area contributed by atoms with Crippen LogP contribution >= 0.6 is 11.3 Å². The molecule has 2 heterocycles. The lowest BCUT2D eigenvalue weighted by atomic mass is 10.1. The first-order valence-electron chi connectivity index (χ1n) is 6.17. The Morgan fingerprint density at radius 3 is 3.00 bits per heavy atom. The van der Waals surface area contributed by atoms with E-state index in [2.05, 4.69) is 10.6 Å². The standard InChI is InChI=1S/C12H19N3O3S/c1-14-11(16)10-8(13)9(17-2)12(19-10)15-5-7-3-4-18-6-7/h7,15H,3-6,13H2,1-2H3,(H,14,16). The molecule has 1 saturated heterocycles. The summed E-state index contributed by atoms with van der Waals surface area (Å²) in [6.07, 6.45) is 1.05. The van der Waals surface area contributed by atoms with Crippen LogP contribution in [0.1, 0.15) is 16.1 Å². The molecular formula is C12H19N3O3S. The molecule has 0 spiro atoms. The van der Waals surface area contributed by atoms with Gasteiger partial charge in [-0.2, -0.15) is 0 Å². The van der Waals surface area contributed by atoms with E-state index in [1.54, 1.807) is 14.2 Å². The number of amides is 1. The van der Waals surface area contributed by atoms with Crippen molar-refractivity contribution in [1.82, 2.24) is 5.32 Å². The van der Waals surface area contributed by atoms with E-state index in [9.17, 15) is 4.79 Å². The van der Waals surface area contributed by atoms with Crippen molar-refractivity contribution in [3.63, 3.8) is 0 Å². The van der Waals surface area contributed by atoms with Gasteiger partial charge in [-0.3, -0.25) is 4.79 Å². The predicted molar refractivity (Wildman–Crippen MR) is 76.1 cm³/mol. The van der Waals surface area contributed by atoms with Crippen molar-refractivity contribution in [3.8, 4) is 5.75 Å². The van der Waals surface area contributed by atoms with Crippen LogP contribution in [-0.4, -0.2) is 39.8 Å². The molecule has 0 aromatic carbocycles. The highest BCUT2D eigenvalue weighted by Crippen LogP contribution is 2.42. The lowest BCUT2D eigenvalue weighted by Gasteiger charge is -2.10. The van der Waals surface area contributed by atoms with Crippen LogP contribution in [0.5, 0.6) is 5.75 Å². The summed E-state index contributed by atoms with van der Waals surface area (Å²) in [6, 6.07) is 0. The van der Waals surface area contributed by atoms with Gasteiger partial charge in [-0.05, 0) is 6.42 Å². The quantitative estimate of drug-likeness (QED) is 0.755. The lowest BCUT2D eigenvalue weighted by Crippen LogP contribution is -2.17. The van der Waals surface area contributed by atoms with Crippen molar-refractivity contribution in [1.29, 1.82) is 0 Å². The topological polar surface area (TPSA) is 85.6 Å². The molecule has 1 fully saturated rings. The second-order valence-corrected chi connectivity index (χ2v) is 5.42. The van der Waals surface area contributed by atoms with E-state index in [1.807, 2.05) is 0 Å². The Labute approximate surface area is 116 Å². The fraction of sp³-hybridized carbons (Fsp3) is 0.583. The minimum Gasteiger partial charge on any atom is -0.492 e. The average Bonchev–Trinajstić information content (AvgIpc) is 3.03. The summed E-state index contributed by atoms with van der Waals surface area (Å²) in [5.74, 6) is 0.844. The minimum absolute atomic E-state index is 0.196. The third kappa shape index (κ3) is 2.93.